The molecule has 0 aromatic heterocycles. The zero-order valence-electron chi connectivity index (χ0n) is 13.3. The van der Waals surface area contributed by atoms with Crippen LogP contribution in [0.15, 0.2) is 24.3 Å². The lowest BCUT2D eigenvalue weighted by atomic mass is 10.1. The molecule has 1 aromatic rings. The standard InChI is InChI=1S/C18H28N2O/c1-14(2)13-20(17-5-3-4-6-17)18(21)12-9-15-7-10-16(19)11-8-15/h7-8,10-11,14,17H,3-6,9,12-13,19H2,1-2H3. The van der Waals surface area contributed by atoms with Crippen molar-refractivity contribution in [3.8, 4) is 0 Å². The molecule has 0 aliphatic heterocycles. The second kappa shape index (κ2) is 7.48. The number of carbonyl (C=O) groups is 1. The molecule has 0 heterocycles. The molecule has 2 N–H and O–H groups in total. The summed E-state index contributed by atoms with van der Waals surface area (Å²) in [4.78, 5) is 14.8. The van der Waals surface area contributed by atoms with Crippen LogP contribution in [0, 0.1) is 5.92 Å². The molecule has 0 bridgehead atoms. The number of hydrogen-bond acceptors (Lipinski definition) is 2. The van der Waals surface area contributed by atoms with E-state index in [0.29, 0.717) is 24.3 Å². The van der Waals surface area contributed by atoms with E-state index in [1.807, 2.05) is 24.3 Å². The second-order valence-corrected chi connectivity index (χ2v) is 6.62. The van der Waals surface area contributed by atoms with Crippen LogP contribution in [-0.2, 0) is 11.2 Å². The van der Waals surface area contributed by atoms with Crippen LogP contribution in [-0.4, -0.2) is 23.4 Å². The average Bonchev–Trinajstić information content (AvgIpc) is 2.97. The Bertz CT molecular complexity index is 447. The first kappa shape index (κ1) is 15.9. The molecule has 1 fully saturated rings. The molecule has 21 heavy (non-hydrogen) atoms. The molecule has 3 heteroatoms. The Morgan fingerprint density at radius 1 is 1.24 bits per heavy atom. The molecule has 0 radical (unpaired) electrons. The number of anilines is 1. The van der Waals surface area contributed by atoms with Gasteiger partial charge in [-0.3, -0.25) is 4.79 Å². The van der Waals surface area contributed by atoms with E-state index in [0.717, 1.165) is 18.7 Å². The summed E-state index contributed by atoms with van der Waals surface area (Å²) in [5.41, 5.74) is 7.66. The molecule has 0 atom stereocenters. The quantitative estimate of drug-likeness (QED) is 0.813. The SMILES string of the molecule is CC(C)CN(C(=O)CCc1ccc(N)cc1)C1CCCC1. The first-order valence-electron chi connectivity index (χ1n) is 8.20. The lowest BCUT2D eigenvalue weighted by molar-refractivity contribution is -0.134. The number of carbonyl (C=O) groups excluding carboxylic acids is 1. The van der Waals surface area contributed by atoms with Gasteiger partial charge in [-0.25, -0.2) is 0 Å². The van der Waals surface area contributed by atoms with Crippen molar-refractivity contribution in [2.75, 3.05) is 12.3 Å². The summed E-state index contributed by atoms with van der Waals surface area (Å²) in [5.74, 6) is 0.846. The highest BCUT2D eigenvalue weighted by Gasteiger charge is 2.26. The number of hydrogen-bond donors (Lipinski definition) is 1. The van der Waals surface area contributed by atoms with Crippen molar-refractivity contribution >= 4 is 11.6 Å². The van der Waals surface area contributed by atoms with E-state index in [2.05, 4.69) is 18.7 Å². The largest absolute Gasteiger partial charge is 0.399 e. The van der Waals surface area contributed by atoms with Crippen molar-refractivity contribution in [1.29, 1.82) is 0 Å². The van der Waals surface area contributed by atoms with Gasteiger partial charge in [0.05, 0.1) is 0 Å². The van der Waals surface area contributed by atoms with Gasteiger partial charge in [0.15, 0.2) is 0 Å². The first-order chi connectivity index (χ1) is 10.1. The Kier molecular flexibility index (Phi) is 5.66. The molecule has 3 nitrogen and oxygen atoms in total. The van der Waals surface area contributed by atoms with Crippen molar-refractivity contribution in [3.63, 3.8) is 0 Å². The summed E-state index contributed by atoms with van der Waals surface area (Å²) >= 11 is 0. The van der Waals surface area contributed by atoms with Gasteiger partial charge in [0, 0.05) is 24.7 Å². The Hall–Kier alpha value is -1.51. The highest BCUT2D eigenvalue weighted by Crippen LogP contribution is 2.25. The maximum absolute atomic E-state index is 12.6. The molecule has 0 saturated heterocycles. The van der Waals surface area contributed by atoms with Crippen LogP contribution in [0.2, 0.25) is 0 Å². The van der Waals surface area contributed by atoms with Crippen molar-refractivity contribution in [3.05, 3.63) is 29.8 Å². The van der Waals surface area contributed by atoms with E-state index in [1.54, 1.807) is 0 Å². The van der Waals surface area contributed by atoms with E-state index in [1.165, 1.54) is 31.2 Å². The van der Waals surface area contributed by atoms with E-state index in [4.69, 9.17) is 5.73 Å². The molecular formula is C18H28N2O. The third-order valence-electron chi connectivity index (χ3n) is 4.25. The number of nitrogens with two attached hydrogens (primary N) is 1. The normalized spacial score (nSPS) is 15.6. The Balaban J connectivity index is 1.92. The van der Waals surface area contributed by atoms with Crippen LogP contribution < -0.4 is 5.73 Å². The number of aryl methyl sites for hydroxylation is 1. The minimum atomic E-state index is 0.312. The second-order valence-electron chi connectivity index (χ2n) is 6.62. The van der Waals surface area contributed by atoms with Gasteiger partial charge < -0.3 is 10.6 Å². The van der Waals surface area contributed by atoms with Gasteiger partial charge in [0.25, 0.3) is 0 Å². The molecule has 0 unspecified atom stereocenters. The van der Waals surface area contributed by atoms with Crippen molar-refractivity contribution in [2.24, 2.45) is 5.92 Å². The third-order valence-corrected chi connectivity index (χ3v) is 4.25. The minimum absolute atomic E-state index is 0.312. The van der Waals surface area contributed by atoms with Crippen LogP contribution in [0.4, 0.5) is 5.69 Å². The molecule has 116 valence electrons. The van der Waals surface area contributed by atoms with Crippen LogP contribution in [0.1, 0.15) is 51.5 Å². The number of nitrogen functional groups attached to an aromatic ring is 1. The van der Waals surface area contributed by atoms with Gasteiger partial charge in [-0.05, 0) is 42.9 Å². The van der Waals surface area contributed by atoms with Crippen LogP contribution in [0.5, 0.6) is 0 Å². The zero-order valence-corrected chi connectivity index (χ0v) is 13.3. The summed E-state index contributed by atoms with van der Waals surface area (Å²) in [5, 5.41) is 0. The number of amides is 1. The van der Waals surface area contributed by atoms with E-state index < -0.39 is 0 Å². The molecule has 2 rings (SSSR count). The third kappa shape index (κ3) is 4.76. The van der Waals surface area contributed by atoms with E-state index in [9.17, 15) is 4.79 Å². The maximum Gasteiger partial charge on any atom is 0.223 e. The van der Waals surface area contributed by atoms with Gasteiger partial charge in [0.1, 0.15) is 0 Å². The fraction of sp³-hybridized carbons (Fsp3) is 0.611. The molecule has 1 aliphatic rings. The molecule has 1 aliphatic carbocycles. The number of rotatable bonds is 6. The topological polar surface area (TPSA) is 46.3 Å². The van der Waals surface area contributed by atoms with Gasteiger partial charge in [-0.2, -0.15) is 0 Å². The summed E-state index contributed by atoms with van der Waals surface area (Å²) < 4.78 is 0. The predicted molar refractivity (Wildman–Crippen MR) is 88.0 cm³/mol. The molecule has 1 aromatic carbocycles. The zero-order chi connectivity index (χ0) is 15.2. The lowest BCUT2D eigenvalue weighted by Gasteiger charge is -2.30. The van der Waals surface area contributed by atoms with E-state index >= 15 is 0 Å². The molecule has 1 amide bonds. The van der Waals surface area contributed by atoms with Gasteiger partial charge in [-0.15, -0.1) is 0 Å². The first-order valence-corrected chi connectivity index (χ1v) is 8.20. The minimum Gasteiger partial charge on any atom is -0.399 e. The Labute approximate surface area is 128 Å². The average molecular weight is 288 g/mol. The smallest absolute Gasteiger partial charge is 0.223 e. The fourth-order valence-corrected chi connectivity index (χ4v) is 3.14. The predicted octanol–water partition coefficient (Wildman–Crippen LogP) is 3.63. The Morgan fingerprint density at radius 2 is 1.86 bits per heavy atom. The number of nitrogens with zero attached hydrogens (tertiary/aromatic N) is 1. The summed E-state index contributed by atoms with van der Waals surface area (Å²) in [6.45, 7) is 5.27. The van der Waals surface area contributed by atoms with E-state index in [-0.39, 0.29) is 0 Å². The summed E-state index contributed by atoms with van der Waals surface area (Å²) in [6.07, 6.45) is 6.31. The fourth-order valence-electron chi connectivity index (χ4n) is 3.14. The summed E-state index contributed by atoms with van der Waals surface area (Å²) in [6, 6.07) is 8.33. The maximum atomic E-state index is 12.6. The van der Waals surface area contributed by atoms with Crippen LogP contribution in [0.25, 0.3) is 0 Å². The van der Waals surface area contributed by atoms with Crippen molar-refractivity contribution in [1.82, 2.24) is 4.90 Å². The molecular weight excluding hydrogens is 260 g/mol. The van der Waals surface area contributed by atoms with Gasteiger partial charge in [-0.1, -0.05) is 38.8 Å². The van der Waals surface area contributed by atoms with Crippen LogP contribution >= 0.6 is 0 Å². The monoisotopic (exact) mass is 288 g/mol. The highest BCUT2D eigenvalue weighted by atomic mass is 16.2. The molecule has 0 spiro atoms. The Morgan fingerprint density at radius 3 is 2.43 bits per heavy atom. The number of benzene rings is 1. The lowest BCUT2D eigenvalue weighted by Crippen LogP contribution is -2.41. The van der Waals surface area contributed by atoms with Crippen molar-refractivity contribution in [2.45, 2.75) is 58.4 Å². The van der Waals surface area contributed by atoms with Crippen molar-refractivity contribution < 1.29 is 4.79 Å². The summed E-state index contributed by atoms with van der Waals surface area (Å²) in [7, 11) is 0. The van der Waals surface area contributed by atoms with Crippen LogP contribution in [0.3, 0.4) is 0 Å². The molecule has 1 saturated carbocycles. The highest BCUT2D eigenvalue weighted by molar-refractivity contribution is 5.77. The van der Waals surface area contributed by atoms with Gasteiger partial charge in [0.2, 0.25) is 5.91 Å². The van der Waals surface area contributed by atoms with Gasteiger partial charge >= 0.3 is 0 Å².